The summed E-state index contributed by atoms with van der Waals surface area (Å²) in [6, 6.07) is 5.58. The van der Waals surface area contributed by atoms with E-state index in [0.29, 0.717) is 27.6 Å². The standard InChI is InChI=1S/C10H8BrClN2O2S/c1-15-7-4-2-3-6(11)9(7)16-5-8-13-14-10(12)17-8/h2-4H,5H2,1H3. The summed E-state index contributed by atoms with van der Waals surface area (Å²) in [5.41, 5.74) is 0. The molecule has 1 heterocycles. The van der Waals surface area contributed by atoms with Gasteiger partial charge in [0.2, 0.25) is 4.47 Å². The molecule has 0 amide bonds. The summed E-state index contributed by atoms with van der Waals surface area (Å²) in [7, 11) is 1.59. The normalized spacial score (nSPS) is 10.3. The van der Waals surface area contributed by atoms with Crippen LogP contribution in [0.3, 0.4) is 0 Å². The van der Waals surface area contributed by atoms with E-state index in [0.717, 1.165) is 4.47 Å². The third-order valence-electron chi connectivity index (χ3n) is 1.93. The minimum absolute atomic E-state index is 0.309. The van der Waals surface area contributed by atoms with Gasteiger partial charge >= 0.3 is 0 Å². The Bertz CT molecular complexity index is 521. The van der Waals surface area contributed by atoms with Gasteiger partial charge in [0.05, 0.1) is 11.6 Å². The number of para-hydroxylation sites is 1. The molecule has 0 unspecified atom stereocenters. The van der Waals surface area contributed by atoms with Crippen LogP contribution in [0, 0.1) is 0 Å². The maximum absolute atomic E-state index is 5.69. The van der Waals surface area contributed by atoms with Gasteiger partial charge < -0.3 is 9.47 Å². The molecule has 17 heavy (non-hydrogen) atoms. The molecule has 0 aliphatic carbocycles. The smallest absolute Gasteiger partial charge is 0.207 e. The van der Waals surface area contributed by atoms with Crippen LogP contribution in [0.5, 0.6) is 11.5 Å². The summed E-state index contributed by atoms with van der Waals surface area (Å²) in [5, 5.41) is 8.29. The third kappa shape index (κ3) is 3.08. The van der Waals surface area contributed by atoms with Gasteiger partial charge in [-0.15, -0.1) is 10.2 Å². The topological polar surface area (TPSA) is 44.2 Å². The second-order valence-corrected chi connectivity index (χ2v) is 5.51. The monoisotopic (exact) mass is 334 g/mol. The lowest BCUT2D eigenvalue weighted by molar-refractivity contribution is 0.281. The van der Waals surface area contributed by atoms with Crippen molar-refractivity contribution >= 4 is 38.9 Å². The van der Waals surface area contributed by atoms with Crippen LogP contribution in [0.1, 0.15) is 5.01 Å². The number of hydrogen-bond acceptors (Lipinski definition) is 5. The van der Waals surface area contributed by atoms with Gasteiger partial charge in [0.25, 0.3) is 0 Å². The first kappa shape index (κ1) is 12.6. The van der Waals surface area contributed by atoms with Gasteiger partial charge in [-0.05, 0) is 39.7 Å². The Morgan fingerprint density at radius 3 is 2.88 bits per heavy atom. The summed E-state index contributed by atoms with van der Waals surface area (Å²) in [5.74, 6) is 1.30. The molecular formula is C10H8BrClN2O2S. The molecule has 0 atom stereocenters. The average molecular weight is 336 g/mol. The van der Waals surface area contributed by atoms with E-state index in [1.54, 1.807) is 7.11 Å². The van der Waals surface area contributed by atoms with Crippen molar-refractivity contribution in [3.63, 3.8) is 0 Å². The lowest BCUT2D eigenvalue weighted by Crippen LogP contribution is -1.98. The highest BCUT2D eigenvalue weighted by Gasteiger charge is 2.10. The molecular weight excluding hydrogens is 328 g/mol. The molecule has 1 aromatic heterocycles. The van der Waals surface area contributed by atoms with Crippen LogP contribution in [0.15, 0.2) is 22.7 Å². The van der Waals surface area contributed by atoms with E-state index in [-0.39, 0.29) is 0 Å². The van der Waals surface area contributed by atoms with E-state index in [1.807, 2.05) is 18.2 Å². The van der Waals surface area contributed by atoms with Crippen molar-refractivity contribution < 1.29 is 9.47 Å². The van der Waals surface area contributed by atoms with E-state index >= 15 is 0 Å². The van der Waals surface area contributed by atoms with Crippen molar-refractivity contribution in [2.75, 3.05) is 7.11 Å². The number of halogens is 2. The predicted octanol–water partition coefficient (Wildman–Crippen LogP) is 3.54. The van der Waals surface area contributed by atoms with Gasteiger partial charge in [0, 0.05) is 0 Å². The Morgan fingerprint density at radius 2 is 2.24 bits per heavy atom. The Hall–Kier alpha value is -0.850. The zero-order valence-corrected chi connectivity index (χ0v) is 12.0. The van der Waals surface area contributed by atoms with E-state index in [4.69, 9.17) is 21.1 Å². The molecule has 0 fully saturated rings. The van der Waals surface area contributed by atoms with Gasteiger partial charge in [-0.3, -0.25) is 0 Å². The summed E-state index contributed by atoms with van der Waals surface area (Å²) in [6.45, 7) is 0.309. The molecule has 2 rings (SSSR count). The van der Waals surface area contributed by atoms with Crippen LogP contribution in [0.2, 0.25) is 4.47 Å². The number of rotatable bonds is 4. The van der Waals surface area contributed by atoms with Crippen molar-refractivity contribution in [3.8, 4) is 11.5 Å². The van der Waals surface area contributed by atoms with E-state index in [9.17, 15) is 0 Å². The van der Waals surface area contributed by atoms with E-state index in [1.165, 1.54) is 11.3 Å². The van der Waals surface area contributed by atoms with Crippen molar-refractivity contribution in [2.45, 2.75) is 6.61 Å². The molecule has 1 aromatic carbocycles. The maximum Gasteiger partial charge on any atom is 0.207 e. The van der Waals surface area contributed by atoms with Crippen LogP contribution >= 0.6 is 38.9 Å². The molecule has 4 nitrogen and oxygen atoms in total. The van der Waals surface area contributed by atoms with Gasteiger partial charge in [-0.1, -0.05) is 17.4 Å². The first-order valence-electron chi connectivity index (χ1n) is 4.64. The fourth-order valence-corrected chi connectivity index (χ4v) is 2.46. The zero-order chi connectivity index (χ0) is 12.3. The second kappa shape index (κ2) is 5.66. The molecule has 0 radical (unpaired) electrons. The van der Waals surface area contributed by atoms with Gasteiger partial charge in [0.15, 0.2) is 16.5 Å². The molecule has 0 aliphatic heterocycles. The van der Waals surface area contributed by atoms with Crippen LogP contribution in [-0.4, -0.2) is 17.3 Å². The highest BCUT2D eigenvalue weighted by molar-refractivity contribution is 9.10. The van der Waals surface area contributed by atoms with Gasteiger partial charge in [-0.2, -0.15) is 0 Å². The number of aromatic nitrogens is 2. The molecule has 2 aromatic rings. The molecule has 0 saturated carbocycles. The molecule has 0 spiro atoms. The number of ether oxygens (including phenoxy) is 2. The molecule has 0 saturated heterocycles. The van der Waals surface area contributed by atoms with Crippen molar-refractivity contribution in [3.05, 3.63) is 32.1 Å². The minimum Gasteiger partial charge on any atom is -0.493 e. The first-order valence-corrected chi connectivity index (χ1v) is 6.62. The van der Waals surface area contributed by atoms with Crippen LogP contribution in [0.4, 0.5) is 0 Å². The van der Waals surface area contributed by atoms with E-state index < -0.39 is 0 Å². The number of hydrogen-bond donors (Lipinski definition) is 0. The molecule has 0 N–H and O–H groups in total. The summed E-state index contributed by atoms with van der Waals surface area (Å²) in [4.78, 5) is 0. The number of methoxy groups -OCH3 is 1. The fraction of sp³-hybridized carbons (Fsp3) is 0.200. The fourth-order valence-electron chi connectivity index (χ4n) is 1.22. The summed E-state index contributed by atoms with van der Waals surface area (Å²) < 4.78 is 12.1. The highest BCUT2D eigenvalue weighted by Crippen LogP contribution is 2.35. The summed E-state index contributed by atoms with van der Waals surface area (Å²) >= 11 is 10.4. The van der Waals surface area contributed by atoms with Crippen LogP contribution in [0.25, 0.3) is 0 Å². The van der Waals surface area contributed by atoms with Crippen molar-refractivity contribution in [1.82, 2.24) is 10.2 Å². The van der Waals surface area contributed by atoms with E-state index in [2.05, 4.69) is 26.1 Å². The molecule has 0 aliphatic rings. The van der Waals surface area contributed by atoms with Gasteiger partial charge in [-0.25, -0.2) is 0 Å². The molecule has 7 heteroatoms. The highest BCUT2D eigenvalue weighted by atomic mass is 79.9. The van der Waals surface area contributed by atoms with Crippen LogP contribution < -0.4 is 9.47 Å². The van der Waals surface area contributed by atoms with Gasteiger partial charge in [0.1, 0.15) is 6.61 Å². The molecule has 0 bridgehead atoms. The van der Waals surface area contributed by atoms with Crippen LogP contribution in [-0.2, 0) is 6.61 Å². The lowest BCUT2D eigenvalue weighted by atomic mass is 10.3. The third-order valence-corrected chi connectivity index (χ3v) is 3.55. The zero-order valence-electron chi connectivity index (χ0n) is 8.81. The second-order valence-electron chi connectivity index (χ2n) is 3.01. The Labute approximate surface area is 116 Å². The Morgan fingerprint density at radius 1 is 1.41 bits per heavy atom. The summed E-state index contributed by atoms with van der Waals surface area (Å²) in [6.07, 6.45) is 0. The quantitative estimate of drug-likeness (QED) is 0.857. The largest absolute Gasteiger partial charge is 0.493 e. The minimum atomic E-state index is 0.309. The predicted molar refractivity (Wildman–Crippen MR) is 69.9 cm³/mol. The average Bonchev–Trinajstić information content (AvgIpc) is 2.73. The number of benzene rings is 1. The maximum atomic E-state index is 5.69. The lowest BCUT2D eigenvalue weighted by Gasteiger charge is -2.10. The SMILES string of the molecule is COc1cccc(Br)c1OCc1nnc(Cl)s1. The first-order chi connectivity index (χ1) is 8.20. The molecule has 90 valence electrons. The number of nitrogens with zero attached hydrogens (tertiary/aromatic N) is 2. The Balaban J connectivity index is 2.13. The van der Waals surface area contributed by atoms with Crippen molar-refractivity contribution in [2.24, 2.45) is 0 Å². The van der Waals surface area contributed by atoms with Crippen molar-refractivity contribution in [1.29, 1.82) is 0 Å². The Kier molecular flexibility index (Phi) is 4.20.